The van der Waals surface area contributed by atoms with E-state index in [2.05, 4.69) is 10.6 Å². The molecule has 0 saturated heterocycles. The highest BCUT2D eigenvalue weighted by Gasteiger charge is 2.21. The van der Waals surface area contributed by atoms with Gasteiger partial charge in [-0.3, -0.25) is 9.59 Å². The van der Waals surface area contributed by atoms with Crippen LogP contribution in [0.5, 0.6) is 11.5 Å². The van der Waals surface area contributed by atoms with E-state index in [1.165, 1.54) is 11.8 Å². The predicted molar refractivity (Wildman–Crippen MR) is 131 cm³/mol. The van der Waals surface area contributed by atoms with E-state index in [0.717, 1.165) is 11.3 Å². The van der Waals surface area contributed by atoms with Crippen LogP contribution in [0, 0.1) is 0 Å². The van der Waals surface area contributed by atoms with Crippen molar-refractivity contribution in [2.45, 2.75) is 27.2 Å². The summed E-state index contributed by atoms with van der Waals surface area (Å²) in [6.45, 7) is 7.77. The fourth-order valence-corrected chi connectivity index (χ4v) is 4.18. The first-order valence-electron chi connectivity index (χ1n) is 11.1. The summed E-state index contributed by atoms with van der Waals surface area (Å²) in [7, 11) is 0. The van der Waals surface area contributed by atoms with Crippen LogP contribution in [0.15, 0.2) is 53.1 Å². The van der Waals surface area contributed by atoms with Crippen LogP contribution in [0.2, 0.25) is 0 Å². The van der Waals surface area contributed by atoms with Gasteiger partial charge in [-0.2, -0.15) is 0 Å². The van der Waals surface area contributed by atoms with Crippen molar-refractivity contribution in [2.75, 3.05) is 37.4 Å². The van der Waals surface area contributed by atoms with Crippen molar-refractivity contribution >= 4 is 29.3 Å². The molecule has 7 nitrogen and oxygen atoms in total. The van der Waals surface area contributed by atoms with Crippen LogP contribution < -0.4 is 20.1 Å². The molecule has 0 radical (unpaired) electrons. The maximum atomic E-state index is 12.8. The topological polar surface area (TPSA) is 85.9 Å². The van der Waals surface area contributed by atoms with E-state index in [9.17, 15) is 9.59 Å². The SMILES string of the molecule is CCOc1ccc(CCNC(=O)c2ccccc2NC(=O)C2=C(C)OCCS2)cc1OCC. The molecule has 0 saturated carbocycles. The van der Waals surface area contributed by atoms with E-state index >= 15 is 0 Å². The Morgan fingerprint density at radius 2 is 1.79 bits per heavy atom. The van der Waals surface area contributed by atoms with Crippen molar-refractivity contribution in [3.8, 4) is 11.5 Å². The van der Waals surface area contributed by atoms with Gasteiger partial charge in [0.15, 0.2) is 11.5 Å². The number of carbonyl (C=O) groups excluding carboxylic acids is 2. The van der Waals surface area contributed by atoms with Gasteiger partial charge in [-0.1, -0.05) is 18.2 Å². The molecule has 3 rings (SSSR count). The maximum Gasteiger partial charge on any atom is 0.265 e. The third-order valence-corrected chi connectivity index (χ3v) is 6.03. The molecule has 2 aromatic carbocycles. The number of allylic oxidation sites excluding steroid dienone is 1. The number of anilines is 1. The summed E-state index contributed by atoms with van der Waals surface area (Å²) in [5, 5.41) is 5.79. The molecule has 2 aromatic rings. The average molecular weight is 471 g/mol. The van der Waals surface area contributed by atoms with E-state index in [1.807, 2.05) is 32.0 Å². The minimum atomic E-state index is -0.268. The predicted octanol–water partition coefficient (Wildman–Crippen LogP) is 4.39. The Morgan fingerprint density at radius 3 is 2.55 bits per heavy atom. The zero-order chi connectivity index (χ0) is 23.6. The number of carbonyl (C=O) groups is 2. The minimum absolute atomic E-state index is 0.250. The number of nitrogens with one attached hydrogen (secondary N) is 2. The van der Waals surface area contributed by atoms with E-state index < -0.39 is 0 Å². The molecular weight excluding hydrogens is 440 g/mol. The second-order valence-corrected chi connectivity index (χ2v) is 8.34. The summed E-state index contributed by atoms with van der Waals surface area (Å²) in [6, 6.07) is 12.8. The lowest BCUT2D eigenvalue weighted by atomic mass is 10.1. The molecule has 1 aliphatic heterocycles. The fraction of sp³-hybridized carbons (Fsp3) is 0.360. The molecule has 0 aliphatic carbocycles. The van der Waals surface area contributed by atoms with Crippen LogP contribution in [0.4, 0.5) is 5.69 Å². The Balaban J connectivity index is 1.62. The number of ether oxygens (including phenoxy) is 3. The standard InChI is InChI=1S/C25H30N2O5S/c1-4-30-21-11-10-18(16-22(21)31-5-2)12-13-26-24(28)19-8-6-7-9-20(19)27-25(29)23-17(3)32-14-15-33-23/h6-11,16H,4-5,12-15H2,1-3H3,(H,26,28)(H,27,29). The molecule has 0 spiro atoms. The molecule has 0 aromatic heterocycles. The highest BCUT2D eigenvalue weighted by Crippen LogP contribution is 2.29. The van der Waals surface area contributed by atoms with Gasteiger partial charge in [0.05, 0.1) is 31.1 Å². The number of benzene rings is 2. The van der Waals surface area contributed by atoms with E-state index in [1.54, 1.807) is 31.2 Å². The number of hydrogen-bond acceptors (Lipinski definition) is 6. The van der Waals surface area contributed by atoms with Crippen LogP contribution in [-0.2, 0) is 16.0 Å². The summed E-state index contributed by atoms with van der Waals surface area (Å²) >= 11 is 1.46. The van der Waals surface area contributed by atoms with Crippen molar-refractivity contribution in [3.63, 3.8) is 0 Å². The number of thioether (sulfide) groups is 1. The third-order valence-electron chi connectivity index (χ3n) is 4.90. The third kappa shape index (κ3) is 6.68. The lowest BCUT2D eigenvalue weighted by Crippen LogP contribution is -2.27. The Hall–Kier alpha value is -3.13. The first-order valence-corrected chi connectivity index (χ1v) is 12.1. The number of amides is 2. The van der Waals surface area contributed by atoms with Gasteiger partial charge < -0.3 is 24.8 Å². The number of para-hydroxylation sites is 1. The molecule has 1 aliphatic rings. The lowest BCUT2D eigenvalue weighted by molar-refractivity contribution is -0.112. The van der Waals surface area contributed by atoms with Crippen molar-refractivity contribution < 1.29 is 23.8 Å². The second kappa shape index (κ2) is 12.2. The molecule has 2 amide bonds. The van der Waals surface area contributed by atoms with E-state index in [-0.39, 0.29) is 11.8 Å². The highest BCUT2D eigenvalue weighted by atomic mass is 32.2. The fourth-order valence-electron chi connectivity index (χ4n) is 3.37. The molecule has 33 heavy (non-hydrogen) atoms. The molecule has 0 bridgehead atoms. The molecule has 0 atom stereocenters. The Kier molecular flexibility index (Phi) is 9.06. The summed E-state index contributed by atoms with van der Waals surface area (Å²) in [6.07, 6.45) is 0.632. The van der Waals surface area contributed by atoms with Crippen molar-refractivity contribution in [3.05, 3.63) is 64.3 Å². The molecular formula is C25H30N2O5S. The Labute approximate surface area is 198 Å². The second-order valence-electron chi connectivity index (χ2n) is 7.23. The lowest BCUT2D eigenvalue weighted by Gasteiger charge is -2.18. The van der Waals surface area contributed by atoms with E-state index in [4.69, 9.17) is 14.2 Å². The van der Waals surface area contributed by atoms with Gasteiger partial charge in [-0.25, -0.2) is 0 Å². The minimum Gasteiger partial charge on any atom is -0.496 e. The van der Waals surface area contributed by atoms with E-state index in [0.29, 0.717) is 66.2 Å². The van der Waals surface area contributed by atoms with Gasteiger partial charge in [-0.15, -0.1) is 11.8 Å². The van der Waals surface area contributed by atoms with Gasteiger partial charge in [0.25, 0.3) is 11.8 Å². The Morgan fingerprint density at radius 1 is 1.03 bits per heavy atom. The van der Waals surface area contributed by atoms with Crippen molar-refractivity contribution in [1.82, 2.24) is 5.32 Å². The zero-order valence-corrected chi connectivity index (χ0v) is 20.1. The van der Waals surface area contributed by atoms with Crippen LogP contribution in [0.25, 0.3) is 0 Å². The maximum absolute atomic E-state index is 12.8. The molecule has 8 heteroatoms. The summed E-state index contributed by atoms with van der Waals surface area (Å²) in [4.78, 5) is 26.1. The molecule has 176 valence electrons. The van der Waals surface area contributed by atoms with Gasteiger partial charge in [0, 0.05) is 12.3 Å². The normalized spacial score (nSPS) is 13.2. The van der Waals surface area contributed by atoms with Gasteiger partial charge in [0.1, 0.15) is 10.7 Å². The first-order chi connectivity index (χ1) is 16.0. The van der Waals surface area contributed by atoms with Gasteiger partial charge in [0.2, 0.25) is 0 Å². The van der Waals surface area contributed by atoms with Crippen LogP contribution in [0.1, 0.15) is 36.7 Å². The first kappa shape index (κ1) is 24.5. The van der Waals surface area contributed by atoms with Gasteiger partial charge >= 0.3 is 0 Å². The summed E-state index contributed by atoms with van der Waals surface area (Å²) < 4.78 is 16.7. The van der Waals surface area contributed by atoms with Crippen LogP contribution >= 0.6 is 11.8 Å². The molecule has 0 unspecified atom stereocenters. The number of hydrogen-bond donors (Lipinski definition) is 2. The average Bonchev–Trinajstić information content (AvgIpc) is 2.81. The zero-order valence-electron chi connectivity index (χ0n) is 19.2. The molecule has 1 heterocycles. The van der Waals surface area contributed by atoms with Crippen LogP contribution in [-0.4, -0.2) is 43.9 Å². The van der Waals surface area contributed by atoms with Gasteiger partial charge in [-0.05, 0) is 57.0 Å². The highest BCUT2D eigenvalue weighted by molar-refractivity contribution is 8.04. The number of rotatable bonds is 10. The monoisotopic (exact) mass is 470 g/mol. The van der Waals surface area contributed by atoms with Crippen molar-refractivity contribution in [2.24, 2.45) is 0 Å². The molecule has 2 N–H and O–H groups in total. The van der Waals surface area contributed by atoms with Crippen molar-refractivity contribution in [1.29, 1.82) is 0 Å². The van der Waals surface area contributed by atoms with Crippen LogP contribution in [0.3, 0.4) is 0 Å². The molecule has 0 fully saturated rings. The quantitative estimate of drug-likeness (QED) is 0.536. The largest absolute Gasteiger partial charge is 0.496 e. The smallest absolute Gasteiger partial charge is 0.265 e. The summed E-state index contributed by atoms with van der Waals surface area (Å²) in [5.41, 5.74) is 1.90. The summed E-state index contributed by atoms with van der Waals surface area (Å²) in [5.74, 6) is 2.22. The Bertz CT molecular complexity index is 1020.